The van der Waals surface area contributed by atoms with Crippen molar-refractivity contribution in [1.29, 1.82) is 0 Å². The van der Waals surface area contributed by atoms with Gasteiger partial charge in [-0.15, -0.1) is 0 Å². The van der Waals surface area contributed by atoms with Gasteiger partial charge in [0.2, 0.25) is 5.91 Å². The van der Waals surface area contributed by atoms with Crippen LogP contribution in [-0.2, 0) is 4.79 Å². The van der Waals surface area contributed by atoms with Gasteiger partial charge in [0.1, 0.15) is 11.6 Å². The highest BCUT2D eigenvalue weighted by molar-refractivity contribution is 5.92. The third kappa shape index (κ3) is 2.83. The zero-order valence-corrected chi connectivity index (χ0v) is 14.0. The second kappa shape index (κ2) is 5.80. The molecule has 4 saturated carbocycles. The van der Waals surface area contributed by atoms with Crippen LogP contribution in [-0.4, -0.2) is 29.9 Å². The molecule has 0 unspecified atom stereocenters. The van der Waals surface area contributed by atoms with Gasteiger partial charge in [0.25, 0.3) is 0 Å². The summed E-state index contributed by atoms with van der Waals surface area (Å²) in [5, 5.41) is 2.58. The summed E-state index contributed by atoms with van der Waals surface area (Å²) in [6, 6.07) is 3.22. The van der Waals surface area contributed by atoms with Gasteiger partial charge < -0.3 is 5.32 Å². The lowest BCUT2D eigenvalue weighted by atomic mass is 9.52. The molecule has 4 aliphatic carbocycles. The Kier molecular flexibility index (Phi) is 3.87. The molecule has 4 bridgehead atoms. The minimum atomic E-state index is -0.735. The molecule has 1 amide bonds. The molecule has 1 aromatic rings. The van der Waals surface area contributed by atoms with Crippen LogP contribution < -0.4 is 5.32 Å². The summed E-state index contributed by atoms with van der Waals surface area (Å²) in [6.45, 7) is 0.253. The number of likely N-dealkylation sites (N-methyl/N-ethyl adjacent to an activating group) is 1. The number of nitrogens with zero attached hydrogens (tertiary/aromatic N) is 1. The molecule has 0 atom stereocenters. The van der Waals surface area contributed by atoms with Crippen LogP contribution >= 0.6 is 0 Å². The first-order valence-electron chi connectivity index (χ1n) is 8.90. The van der Waals surface area contributed by atoms with Gasteiger partial charge in [-0.3, -0.25) is 9.69 Å². The molecule has 5 rings (SSSR count). The van der Waals surface area contributed by atoms with E-state index < -0.39 is 11.6 Å². The number of amides is 1. The molecule has 3 nitrogen and oxygen atoms in total. The summed E-state index contributed by atoms with van der Waals surface area (Å²) in [5.41, 5.74) is 0.188. The summed E-state index contributed by atoms with van der Waals surface area (Å²) in [6.07, 6.45) is 7.65. The predicted molar refractivity (Wildman–Crippen MR) is 88.5 cm³/mol. The van der Waals surface area contributed by atoms with Crippen molar-refractivity contribution in [3.05, 3.63) is 29.8 Å². The quantitative estimate of drug-likeness (QED) is 0.908. The van der Waals surface area contributed by atoms with Crippen molar-refractivity contribution in [3.8, 4) is 0 Å². The van der Waals surface area contributed by atoms with Crippen LogP contribution in [0.1, 0.15) is 38.5 Å². The third-order valence-corrected chi connectivity index (χ3v) is 6.40. The minimum absolute atomic E-state index is 0.0420. The van der Waals surface area contributed by atoms with E-state index in [9.17, 15) is 13.6 Å². The third-order valence-electron chi connectivity index (χ3n) is 6.40. The average Bonchev–Trinajstić information content (AvgIpc) is 2.48. The molecule has 5 heteroatoms. The van der Waals surface area contributed by atoms with Gasteiger partial charge in [0.15, 0.2) is 0 Å². The van der Waals surface area contributed by atoms with Crippen molar-refractivity contribution in [2.24, 2.45) is 17.8 Å². The molecule has 0 heterocycles. The number of nitrogens with one attached hydrogen (secondary N) is 1. The molecule has 1 N–H and O–H groups in total. The predicted octanol–water partition coefficient (Wildman–Crippen LogP) is 3.80. The van der Waals surface area contributed by atoms with Crippen LogP contribution in [0.3, 0.4) is 0 Å². The molecule has 0 spiro atoms. The minimum Gasteiger partial charge on any atom is -0.322 e. The normalized spacial score (nSPS) is 33.9. The average molecular weight is 334 g/mol. The zero-order valence-electron chi connectivity index (χ0n) is 14.0. The van der Waals surface area contributed by atoms with Crippen molar-refractivity contribution >= 4 is 11.6 Å². The lowest BCUT2D eigenvalue weighted by Gasteiger charge is -2.59. The summed E-state index contributed by atoms with van der Waals surface area (Å²) >= 11 is 0. The van der Waals surface area contributed by atoms with Crippen LogP contribution in [0.25, 0.3) is 0 Å². The number of halogens is 2. The Hall–Kier alpha value is -1.49. The largest absolute Gasteiger partial charge is 0.322 e. The number of rotatable bonds is 4. The fraction of sp³-hybridized carbons (Fsp3) is 0.632. The first-order chi connectivity index (χ1) is 11.4. The lowest BCUT2D eigenvalue weighted by Crippen LogP contribution is -2.59. The topological polar surface area (TPSA) is 32.3 Å². The molecular formula is C19H24F2N2O. The maximum absolute atomic E-state index is 13.7. The number of carbonyl (C=O) groups is 1. The van der Waals surface area contributed by atoms with E-state index in [2.05, 4.69) is 10.2 Å². The molecule has 130 valence electrons. The summed E-state index contributed by atoms with van der Waals surface area (Å²) in [7, 11) is 2.02. The van der Waals surface area contributed by atoms with E-state index in [0.717, 1.165) is 29.9 Å². The molecule has 0 aliphatic heterocycles. The van der Waals surface area contributed by atoms with Gasteiger partial charge in [0.05, 0.1) is 12.2 Å². The van der Waals surface area contributed by atoms with Gasteiger partial charge in [0, 0.05) is 11.6 Å². The lowest BCUT2D eigenvalue weighted by molar-refractivity contribution is -0.123. The smallest absolute Gasteiger partial charge is 0.238 e. The van der Waals surface area contributed by atoms with Gasteiger partial charge in [-0.05, 0) is 75.5 Å². The first-order valence-corrected chi connectivity index (χ1v) is 8.90. The van der Waals surface area contributed by atoms with Gasteiger partial charge in [-0.1, -0.05) is 0 Å². The highest BCUT2D eigenvalue weighted by atomic mass is 19.1. The van der Waals surface area contributed by atoms with E-state index in [4.69, 9.17) is 0 Å². The number of benzene rings is 1. The van der Waals surface area contributed by atoms with Crippen molar-refractivity contribution in [1.82, 2.24) is 4.90 Å². The molecule has 4 fully saturated rings. The molecule has 1 aromatic carbocycles. The Morgan fingerprint density at radius 3 is 2.29 bits per heavy atom. The molecular weight excluding hydrogens is 310 g/mol. The van der Waals surface area contributed by atoms with Crippen LogP contribution in [0.4, 0.5) is 14.5 Å². The van der Waals surface area contributed by atoms with Gasteiger partial charge >= 0.3 is 0 Å². The van der Waals surface area contributed by atoms with Gasteiger partial charge in [-0.2, -0.15) is 0 Å². The second-order valence-corrected chi connectivity index (χ2v) is 8.17. The van der Waals surface area contributed by atoms with E-state index in [1.165, 1.54) is 44.6 Å². The van der Waals surface area contributed by atoms with Crippen LogP contribution in [0.2, 0.25) is 0 Å². The van der Waals surface area contributed by atoms with Crippen LogP contribution in [0.15, 0.2) is 18.2 Å². The van der Waals surface area contributed by atoms with E-state index in [-0.39, 0.29) is 23.7 Å². The number of carbonyl (C=O) groups excluding carboxylic acids is 1. The Morgan fingerprint density at radius 2 is 1.75 bits per heavy atom. The molecule has 24 heavy (non-hydrogen) atoms. The van der Waals surface area contributed by atoms with Crippen LogP contribution in [0.5, 0.6) is 0 Å². The Labute approximate surface area is 141 Å². The van der Waals surface area contributed by atoms with E-state index in [1.54, 1.807) is 0 Å². The van der Waals surface area contributed by atoms with E-state index in [0.29, 0.717) is 0 Å². The Bertz CT molecular complexity index is 625. The summed E-state index contributed by atoms with van der Waals surface area (Å²) < 4.78 is 26.7. The summed E-state index contributed by atoms with van der Waals surface area (Å²) in [5.74, 6) is 0.833. The Balaban J connectivity index is 1.42. The molecule has 4 aliphatic rings. The zero-order chi connectivity index (χ0) is 16.9. The monoisotopic (exact) mass is 334 g/mol. The fourth-order valence-corrected chi connectivity index (χ4v) is 5.70. The van der Waals surface area contributed by atoms with Crippen LogP contribution in [0, 0.1) is 29.4 Å². The number of hydrogen-bond donors (Lipinski definition) is 1. The highest BCUT2D eigenvalue weighted by Gasteiger charge is 2.52. The fourth-order valence-electron chi connectivity index (χ4n) is 5.70. The van der Waals surface area contributed by atoms with Gasteiger partial charge in [-0.25, -0.2) is 8.78 Å². The van der Waals surface area contributed by atoms with Crippen molar-refractivity contribution < 1.29 is 13.6 Å². The van der Waals surface area contributed by atoms with Crippen molar-refractivity contribution in [3.63, 3.8) is 0 Å². The Morgan fingerprint density at radius 1 is 1.17 bits per heavy atom. The maximum Gasteiger partial charge on any atom is 0.238 e. The second-order valence-electron chi connectivity index (χ2n) is 8.17. The standard InChI is InChI=1S/C19H24F2N2O/c1-23(11-18(24)22-17-3-2-15(20)7-16(17)21)19-8-12-4-13(9-19)6-14(5-12)10-19/h2-3,7,12-14H,4-6,8-11H2,1H3,(H,22,24). The molecule has 0 radical (unpaired) electrons. The number of anilines is 1. The first kappa shape index (κ1) is 16.0. The molecule has 0 saturated heterocycles. The van der Waals surface area contributed by atoms with Crippen molar-refractivity contribution in [2.75, 3.05) is 18.9 Å². The van der Waals surface area contributed by atoms with E-state index in [1.807, 2.05) is 7.05 Å². The SMILES string of the molecule is CN(CC(=O)Nc1ccc(F)cc1F)C12CC3CC(CC(C3)C1)C2. The number of hydrogen-bond acceptors (Lipinski definition) is 2. The van der Waals surface area contributed by atoms with E-state index >= 15 is 0 Å². The summed E-state index contributed by atoms with van der Waals surface area (Å²) in [4.78, 5) is 14.5. The maximum atomic E-state index is 13.7. The molecule has 0 aromatic heterocycles. The van der Waals surface area contributed by atoms with Crippen molar-refractivity contribution in [2.45, 2.75) is 44.1 Å². The highest BCUT2D eigenvalue weighted by Crippen LogP contribution is 2.57.